The molecule has 1 aromatic heterocycles. The van der Waals surface area contributed by atoms with Crippen molar-refractivity contribution in [2.24, 2.45) is 0 Å². The summed E-state index contributed by atoms with van der Waals surface area (Å²) < 4.78 is 10.5. The molecule has 20 heavy (non-hydrogen) atoms. The van der Waals surface area contributed by atoms with E-state index in [9.17, 15) is 0 Å². The second-order valence-electron chi connectivity index (χ2n) is 5.10. The van der Waals surface area contributed by atoms with Crippen LogP contribution in [0.2, 0.25) is 0 Å². The molecule has 0 spiro atoms. The monoisotopic (exact) mass is 299 g/mol. The van der Waals surface area contributed by atoms with Crippen LogP contribution in [0, 0.1) is 6.92 Å². The predicted molar refractivity (Wildman–Crippen MR) is 82.7 cm³/mol. The SMILES string of the molecule is COCCNCc1sc(N2CCC(OC)CC2)nc1C. The van der Waals surface area contributed by atoms with E-state index in [2.05, 4.69) is 17.1 Å². The number of hydrogen-bond donors (Lipinski definition) is 1. The van der Waals surface area contributed by atoms with Gasteiger partial charge in [-0.1, -0.05) is 0 Å². The fourth-order valence-electron chi connectivity index (χ4n) is 2.37. The zero-order chi connectivity index (χ0) is 14.4. The van der Waals surface area contributed by atoms with Gasteiger partial charge in [0.25, 0.3) is 0 Å². The summed E-state index contributed by atoms with van der Waals surface area (Å²) in [5.74, 6) is 0. The summed E-state index contributed by atoms with van der Waals surface area (Å²) >= 11 is 1.80. The van der Waals surface area contributed by atoms with Gasteiger partial charge >= 0.3 is 0 Å². The highest BCUT2D eigenvalue weighted by Gasteiger charge is 2.21. The molecule has 2 rings (SSSR count). The van der Waals surface area contributed by atoms with Gasteiger partial charge < -0.3 is 19.7 Å². The highest BCUT2D eigenvalue weighted by Crippen LogP contribution is 2.28. The van der Waals surface area contributed by atoms with Crippen molar-refractivity contribution in [3.8, 4) is 0 Å². The van der Waals surface area contributed by atoms with Crippen LogP contribution < -0.4 is 10.2 Å². The fourth-order valence-corrected chi connectivity index (χ4v) is 3.45. The quantitative estimate of drug-likeness (QED) is 0.778. The first-order valence-electron chi connectivity index (χ1n) is 7.18. The van der Waals surface area contributed by atoms with Crippen molar-refractivity contribution < 1.29 is 9.47 Å². The van der Waals surface area contributed by atoms with Crippen LogP contribution in [0.15, 0.2) is 0 Å². The van der Waals surface area contributed by atoms with Crippen LogP contribution >= 0.6 is 11.3 Å². The third-order valence-electron chi connectivity index (χ3n) is 3.70. The standard InChI is InChI=1S/C14H25N3O2S/c1-11-13(10-15-6-9-18-2)20-14(16-11)17-7-4-12(19-3)5-8-17/h12,15H,4-10H2,1-3H3. The summed E-state index contributed by atoms with van der Waals surface area (Å²) in [5.41, 5.74) is 1.14. The number of thiazole rings is 1. The Morgan fingerprint density at radius 3 is 2.75 bits per heavy atom. The van der Waals surface area contributed by atoms with Crippen molar-refractivity contribution in [3.05, 3.63) is 10.6 Å². The van der Waals surface area contributed by atoms with Crippen molar-refractivity contribution in [1.29, 1.82) is 0 Å². The Morgan fingerprint density at radius 1 is 1.35 bits per heavy atom. The largest absolute Gasteiger partial charge is 0.383 e. The maximum atomic E-state index is 5.41. The van der Waals surface area contributed by atoms with Gasteiger partial charge in [0, 0.05) is 45.3 Å². The molecular formula is C14H25N3O2S. The third kappa shape index (κ3) is 4.15. The molecule has 5 nitrogen and oxygen atoms in total. The zero-order valence-corrected chi connectivity index (χ0v) is 13.5. The second kappa shape index (κ2) is 7.93. The van der Waals surface area contributed by atoms with Gasteiger partial charge in [-0.3, -0.25) is 0 Å². The lowest BCUT2D eigenvalue weighted by Crippen LogP contribution is -2.36. The minimum Gasteiger partial charge on any atom is -0.383 e. The van der Waals surface area contributed by atoms with E-state index in [0.717, 1.165) is 56.5 Å². The van der Waals surface area contributed by atoms with Crippen molar-refractivity contribution in [1.82, 2.24) is 10.3 Å². The lowest BCUT2D eigenvalue weighted by atomic mass is 10.1. The van der Waals surface area contributed by atoms with Gasteiger partial charge in [0.15, 0.2) is 5.13 Å². The number of aromatic nitrogens is 1. The smallest absolute Gasteiger partial charge is 0.185 e. The van der Waals surface area contributed by atoms with Crippen LogP contribution in [-0.4, -0.2) is 51.5 Å². The van der Waals surface area contributed by atoms with E-state index in [1.54, 1.807) is 25.6 Å². The molecule has 1 aliphatic rings. The molecule has 1 N–H and O–H groups in total. The molecule has 0 aliphatic carbocycles. The van der Waals surface area contributed by atoms with E-state index >= 15 is 0 Å². The highest BCUT2D eigenvalue weighted by atomic mass is 32.1. The van der Waals surface area contributed by atoms with Gasteiger partial charge in [0.1, 0.15) is 0 Å². The molecule has 1 aromatic rings. The molecular weight excluding hydrogens is 274 g/mol. The predicted octanol–water partition coefficient (Wildman–Crippen LogP) is 1.80. The summed E-state index contributed by atoms with van der Waals surface area (Å²) in [6, 6.07) is 0. The number of anilines is 1. The maximum Gasteiger partial charge on any atom is 0.185 e. The van der Waals surface area contributed by atoms with Crippen LogP contribution in [-0.2, 0) is 16.0 Å². The summed E-state index contributed by atoms with van der Waals surface area (Å²) in [6.07, 6.45) is 2.61. The molecule has 6 heteroatoms. The molecule has 1 aliphatic heterocycles. The van der Waals surface area contributed by atoms with E-state index < -0.39 is 0 Å². The Bertz CT molecular complexity index is 403. The first kappa shape index (κ1) is 15.7. The summed E-state index contributed by atoms with van der Waals surface area (Å²) in [7, 11) is 3.53. The van der Waals surface area contributed by atoms with Gasteiger partial charge in [-0.15, -0.1) is 11.3 Å². The minimum atomic E-state index is 0.419. The molecule has 0 saturated carbocycles. The average molecular weight is 299 g/mol. The van der Waals surface area contributed by atoms with Crippen molar-refractivity contribution in [2.45, 2.75) is 32.4 Å². The van der Waals surface area contributed by atoms with E-state index in [1.165, 1.54) is 4.88 Å². The number of piperidine rings is 1. The Morgan fingerprint density at radius 2 is 2.10 bits per heavy atom. The zero-order valence-electron chi connectivity index (χ0n) is 12.6. The van der Waals surface area contributed by atoms with Crippen LogP contribution in [0.5, 0.6) is 0 Å². The number of nitrogens with zero attached hydrogens (tertiary/aromatic N) is 2. The molecule has 0 aromatic carbocycles. The topological polar surface area (TPSA) is 46.6 Å². The molecule has 2 heterocycles. The lowest BCUT2D eigenvalue weighted by molar-refractivity contribution is 0.0819. The van der Waals surface area contributed by atoms with Crippen molar-refractivity contribution in [3.63, 3.8) is 0 Å². The van der Waals surface area contributed by atoms with Gasteiger partial charge in [-0.2, -0.15) is 0 Å². The number of hydrogen-bond acceptors (Lipinski definition) is 6. The summed E-state index contributed by atoms with van der Waals surface area (Å²) in [4.78, 5) is 8.42. The summed E-state index contributed by atoms with van der Waals surface area (Å²) in [5, 5.41) is 4.54. The normalized spacial score (nSPS) is 16.9. The van der Waals surface area contributed by atoms with E-state index in [0.29, 0.717) is 6.10 Å². The van der Waals surface area contributed by atoms with E-state index in [4.69, 9.17) is 14.5 Å². The second-order valence-corrected chi connectivity index (χ2v) is 6.16. The van der Waals surface area contributed by atoms with Crippen LogP contribution in [0.25, 0.3) is 0 Å². The Hall–Kier alpha value is -0.690. The molecule has 0 radical (unpaired) electrons. The van der Waals surface area contributed by atoms with Crippen LogP contribution in [0.3, 0.4) is 0 Å². The highest BCUT2D eigenvalue weighted by molar-refractivity contribution is 7.15. The van der Waals surface area contributed by atoms with Crippen LogP contribution in [0.1, 0.15) is 23.4 Å². The molecule has 0 atom stereocenters. The molecule has 114 valence electrons. The summed E-state index contributed by atoms with van der Waals surface area (Å²) in [6.45, 7) is 6.68. The third-order valence-corrected chi connectivity index (χ3v) is 4.91. The number of methoxy groups -OCH3 is 2. The Balaban J connectivity index is 1.87. The number of aryl methyl sites for hydroxylation is 1. The molecule has 0 unspecified atom stereocenters. The maximum absolute atomic E-state index is 5.41. The Labute approximate surface area is 125 Å². The number of ether oxygens (including phenoxy) is 2. The van der Waals surface area contributed by atoms with Crippen LogP contribution in [0.4, 0.5) is 5.13 Å². The molecule has 0 bridgehead atoms. The Kier molecular flexibility index (Phi) is 6.22. The van der Waals surface area contributed by atoms with Crippen molar-refractivity contribution in [2.75, 3.05) is 45.4 Å². The van der Waals surface area contributed by atoms with E-state index in [-0.39, 0.29) is 0 Å². The fraction of sp³-hybridized carbons (Fsp3) is 0.786. The van der Waals surface area contributed by atoms with Gasteiger partial charge in [0.2, 0.25) is 0 Å². The average Bonchev–Trinajstić information content (AvgIpc) is 2.85. The first-order chi connectivity index (χ1) is 9.74. The van der Waals surface area contributed by atoms with E-state index in [1.807, 2.05) is 0 Å². The molecule has 1 saturated heterocycles. The molecule has 1 fully saturated rings. The van der Waals surface area contributed by atoms with Gasteiger partial charge in [-0.05, 0) is 19.8 Å². The van der Waals surface area contributed by atoms with Crippen molar-refractivity contribution >= 4 is 16.5 Å². The molecule has 0 amide bonds. The van der Waals surface area contributed by atoms with Gasteiger partial charge in [0.05, 0.1) is 18.4 Å². The minimum absolute atomic E-state index is 0.419. The number of nitrogens with one attached hydrogen (secondary N) is 1. The lowest BCUT2D eigenvalue weighted by Gasteiger charge is -2.30. The number of rotatable bonds is 7. The van der Waals surface area contributed by atoms with Gasteiger partial charge in [-0.25, -0.2) is 4.98 Å². The first-order valence-corrected chi connectivity index (χ1v) is 8.00.